The van der Waals surface area contributed by atoms with Crippen molar-refractivity contribution in [2.75, 3.05) is 7.05 Å². The van der Waals surface area contributed by atoms with Crippen molar-refractivity contribution in [1.29, 1.82) is 5.26 Å². The number of hydrogen-bond donors (Lipinski definition) is 0. The summed E-state index contributed by atoms with van der Waals surface area (Å²) < 4.78 is 6.51. The van der Waals surface area contributed by atoms with E-state index in [4.69, 9.17) is 4.74 Å². The highest BCUT2D eigenvalue weighted by atomic mass is 16.5. The second kappa shape index (κ2) is 6.28. The number of nitrogens with zero attached hydrogens (tertiary/aromatic N) is 2. The second-order valence-electron chi connectivity index (χ2n) is 9.56. The van der Waals surface area contributed by atoms with Crippen molar-refractivity contribution in [2.45, 2.75) is 90.7 Å². The minimum Gasteiger partial charge on any atom is -0.472 e. The fourth-order valence-corrected chi connectivity index (χ4v) is 5.29. The Morgan fingerprint density at radius 3 is 2.38 bits per heavy atom. The third-order valence-electron chi connectivity index (χ3n) is 6.81. The lowest BCUT2D eigenvalue weighted by atomic mass is 9.60. The van der Waals surface area contributed by atoms with Crippen LogP contribution in [0.15, 0.2) is 11.5 Å². The normalized spacial score (nSPS) is 32.5. The van der Waals surface area contributed by atoms with Crippen LogP contribution in [-0.4, -0.2) is 23.6 Å². The quantitative estimate of drug-likeness (QED) is 0.695. The molecule has 0 aromatic heterocycles. The lowest BCUT2D eigenvalue weighted by Crippen LogP contribution is -2.50. The van der Waals surface area contributed by atoms with Crippen LogP contribution in [-0.2, 0) is 4.74 Å². The van der Waals surface area contributed by atoms with Crippen LogP contribution in [0.1, 0.15) is 79.1 Å². The van der Waals surface area contributed by atoms with E-state index in [1.165, 1.54) is 38.5 Å². The Morgan fingerprint density at radius 2 is 1.75 bits per heavy atom. The number of nitriles is 1. The molecule has 0 spiro atoms. The lowest BCUT2D eigenvalue weighted by molar-refractivity contribution is -0.109. The summed E-state index contributed by atoms with van der Waals surface area (Å²) in [4.78, 5) is 2.30. The maximum atomic E-state index is 9.97. The molecule has 0 saturated heterocycles. The molecule has 3 aliphatic rings. The van der Waals surface area contributed by atoms with Gasteiger partial charge in [-0.25, -0.2) is 0 Å². The van der Waals surface area contributed by atoms with Crippen molar-refractivity contribution >= 4 is 0 Å². The molecule has 1 aliphatic heterocycles. The molecule has 24 heavy (non-hydrogen) atoms. The van der Waals surface area contributed by atoms with Crippen molar-refractivity contribution in [3.63, 3.8) is 0 Å². The fourth-order valence-electron chi connectivity index (χ4n) is 5.29. The maximum Gasteiger partial charge on any atom is 0.204 e. The topological polar surface area (TPSA) is 36.3 Å². The van der Waals surface area contributed by atoms with Crippen LogP contribution in [0.3, 0.4) is 0 Å². The van der Waals surface area contributed by atoms with E-state index in [0.717, 1.165) is 24.3 Å². The molecule has 0 N–H and O–H groups in total. The third kappa shape index (κ3) is 3.17. The van der Waals surface area contributed by atoms with Gasteiger partial charge < -0.3 is 9.64 Å². The molecule has 2 atom stereocenters. The first-order valence-electron chi connectivity index (χ1n) is 9.81. The highest BCUT2D eigenvalue weighted by Gasteiger charge is 2.50. The molecule has 0 bridgehead atoms. The van der Waals surface area contributed by atoms with Gasteiger partial charge in [0.25, 0.3) is 0 Å². The number of ether oxygens (including phenoxy) is 1. The summed E-state index contributed by atoms with van der Waals surface area (Å²) in [6.45, 7) is 9.16. The van der Waals surface area contributed by atoms with E-state index in [1.807, 2.05) is 0 Å². The molecular weight excluding hydrogens is 296 g/mol. The van der Waals surface area contributed by atoms with Gasteiger partial charge in [-0.3, -0.25) is 0 Å². The Labute approximate surface area is 148 Å². The molecule has 0 aromatic rings. The van der Waals surface area contributed by atoms with E-state index in [0.29, 0.717) is 23.3 Å². The van der Waals surface area contributed by atoms with Crippen LogP contribution in [0, 0.1) is 28.6 Å². The summed E-state index contributed by atoms with van der Waals surface area (Å²) in [6.07, 6.45) is 9.89. The van der Waals surface area contributed by atoms with Gasteiger partial charge in [-0.1, -0.05) is 33.1 Å². The highest BCUT2D eigenvalue weighted by molar-refractivity contribution is 5.32. The summed E-state index contributed by atoms with van der Waals surface area (Å²) in [5, 5.41) is 9.97. The maximum absolute atomic E-state index is 9.97. The Kier molecular flexibility index (Phi) is 4.62. The van der Waals surface area contributed by atoms with Crippen LogP contribution < -0.4 is 0 Å². The number of hydrogen-bond acceptors (Lipinski definition) is 3. The van der Waals surface area contributed by atoms with Crippen LogP contribution in [0.5, 0.6) is 0 Å². The molecule has 3 nitrogen and oxygen atoms in total. The van der Waals surface area contributed by atoms with Crippen LogP contribution in [0.25, 0.3) is 0 Å². The van der Waals surface area contributed by atoms with E-state index in [1.54, 1.807) is 0 Å². The summed E-state index contributed by atoms with van der Waals surface area (Å²) in [6, 6.07) is 3.09. The average Bonchev–Trinajstić information content (AvgIpc) is 2.53. The monoisotopic (exact) mass is 330 g/mol. The molecule has 2 saturated carbocycles. The summed E-state index contributed by atoms with van der Waals surface area (Å²) >= 11 is 0. The van der Waals surface area contributed by atoms with Gasteiger partial charge in [0.05, 0.1) is 5.57 Å². The summed E-state index contributed by atoms with van der Waals surface area (Å²) in [7, 11) is 2.15. The Balaban J connectivity index is 1.96. The van der Waals surface area contributed by atoms with Gasteiger partial charge in [0.15, 0.2) is 0 Å². The van der Waals surface area contributed by atoms with Gasteiger partial charge in [0.1, 0.15) is 11.7 Å². The van der Waals surface area contributed by atoms with Crippen molar-refractivity contribution in [2.24, 2.45) is 17.3 Å². The average molecular weight is 331 g/mol. The molecule has 0 amide bonds. The highest BCUT2D eigenvalue weighted by Crippen LogP contribution is 2.53. The number of rotatable bonds is 2. The zero-order valence-electron chi connectivity index (χ0n) is 16.2. The van der Waals surface area contributed by atoms with Crippen molar-refractivity contribution in [3.05, 3.63) is 11.5 Å². The van der Waals surface area contributed by atoms with Gasteiger partial charge in [-0.15, -0.1) is 0 Å². The Bertz CT molecular complexity index is 549. The molecule has 3 heteroatoms. The lowest BCUT2D eigenvalue weighted by Gasteiger charge is -2.52. The standard InChI is InChI=1S/C21H34N2O/c1-20(2)12-11-18-16(13-20)17(14-22)19(24-21(18,3)4)23(5)15-9-7-6-8-10-15/h15-16,18H,6-13H2,1-5H3/t16-,18+/m1/s1. The SMILES string of the molecule is CN(C1=C(C#N)[C@H]2CC(C)(C)CC[C@@H]2C(C)(C)O1)C1CCCCC1. The number of fused-ring (bicyclic) bond motifs is 1. The fraction of sp³-hybridized carbons (Fsp3) is 0.857. The van der Waals surface area contributed by atoms with Crippen molar-refractivity contribution < 1.29 is 4.74 Å². The van der Waals surface area contributed by atoms with E-state index >= 15 is 0 Å². The van der Waals surface area contributed by atoms with Crippen LogP contribution in [0.4, 0.5) is 0 Å². The molecule has 0 radical (unpaired) electrons. The first kappa shape index (κ1) is 17.6. The zero-order chi connectivity index (χ0) is 17.5. The largest absolute Gasteiger partial charge is 0.472 e. The van der Waals surface area contributed by atoms with Gasteiger partial charge in [0.2, 0.25) is 5.88 Å². The number of allylic oxidation sites excluding steroid dienone is 1. The van der Waals surface area contributed by atoms with Crippen molar-refractivity contribution in [1.82, 2.24) is 4.90 Å². The smallest absolute Gasteiger partial charge is 0.204 e. The summed E-state index contributed by atoms with van der Waals surface area (Å²) in [5.74, 6) is 1.69. The first-order chi connectivity index (χ1) is 11.2. The molecular formula is C21H34N2O. The van der Waals surface area contributed by atoms with Crippen LogP contribution in [0.2, 0.25) is 0 Å². The van der Waals surface area contributed by atoms with E-state index in [-0.39, 0.29) is 5.60 Å². The minimum atomic E-state index is -0.181. The second-order valence-corrected chi connectivity index (χ2v) is 9.56. The van der Waals surface area contributed by atoms with E-state index in [2.05, 4.69) is 45.7 Å². The molecule has 3 rings (SSSR count). The zero-order valence-corrected chi connectivity index (χ0v) is 16.2. The third-order valence-corrected chi connectivity index (χ3v) is 6.81. The Hall–Kier alpha value is -1.17. The predicted molar refractivity (Wildman–Crippen MR) is 97.1 cm³/mol. The molecule has 134 valence electrons. The minimum absolute atomic E-state index is 0.181. The van der Waals surface area contributed by atoms with E-state index in [9.17, 15) is 5.26 Å². The van der Waals surface area contributed by atoms with Crippen LogP contribution >= 0.6 is 0 Å². The van der Waals surface area contributed by atoms with Gasteiger partial charge in [-0.2, -0.15) is 5.26 Å². The summed E-state index contributed by atoms with van der Waals surface area (Å²) in [5.41, 5.74) is 1.06. The van der Waals surface area contributed by atoms with E-state index < -0.39 is 0 Å². The Morgan fingerprint density at radius 1 is 1.08 bits per heavy atom. The van der Waals surface area contributed by atoms with Gasteiger partial charge >= 0.3 is 0 Å². The van der Waals surface area contributed by atoms with Gasteiger partial charge in [0, 0.05) is 24.9 Å². The van der Waals surface area contributed by atoms with Gasteiger partial charge in [-0.05, 0) is 51.4 Å². The predicted octanol–water partition coefficient (Wildman–Crippen LogP) is 5.24. The van der Waals surface area contributed by atoms with Crippen molar-refractivity contribution in [3.8, 4) is 6.07 Å². The molecule has 1 heterocycles. The molecule has 2 aliphatic carbocycles. The molecule has 0 unspecified atom stereocenters. The molecule has 0 aromatic carbocycles. The first-order valence-corrected chi connectivity index (χ1v) is 9.81. The molecule has 2 fully saturated rings.